The first kappa shape index (κ1) is 13.2. The highest BCUT2D eigenvalue weighted by molar-refractivity contribution is 7.89. The Morgan fingerprint density at radius 3 is 2.90 bits per heavy atom. The molecule has 4 rings (SSSR count). The topological polar surface area (TPSA) is 81.0 Å². The lowest BCUT2D eigenvalue weighted by Gasteiger charge is -2.13. The van der Waals surface area contributed by atoms with E-state index in [0.29, 0.717) is 33.9 Å². The van der Waals surface area contributed by atoms with Crippen molar-refractivity contribution in [2.24, 2.45) is 0 Å². The molecule has 0 saturated heterocycles. The third-order valence-electron chi connectivity index (χ3n) is 3.76. The maximum atomic E-state index is 12.5. The van der Waals surface area contributed by atoms with Crippen LogP contribution < -0.4 is 0 Å². The second-order valence-electron chi connectivity index (χ2n) is 5.30. The van der Waals surface area contributed by atoms with Crippen molar-refractivity contribution < 1.29 is 8.42 Å². The van der Waals surface area contributed by atoms with Crippen LogP contribution in [0.4, 0.5) is 0 Å². The maximum Gasteiger partial charge on any atom is 0.244 e. The van der Waals surface area contributed by atoms with Gasteiger partial charge in [-0.05, 0) is 47.0 Å². The molecule has 1 aromatic heterocycles. The number of fused-ring (bicyclic) bond motifs is 1. The van der Waals surface area contributed by atoms with Crippen LogP contribution in [-0.2, 0) is 23.1 Å². The number of aromatic nitrogens is 4. The van der Waals surface area contributed by atoms with Gasteiger partial charge in [-0.25, -0.2) is 13.1 Å². The smallest absolute Gasteiger partial charge is 0.225 e. The Morgan fingerprint density at radius 1 is 1.33 bits per heavy atom. The summed E-state index contributed by atoms with van der Waals surface area (Å²) in [5.41, 5.74) is 0.716. The van der Waals surface area contributed by atoms with Crippen molar-refractivity contribution in [2.75, 3.05) is 0 Å². The lowest BCUT2D eigenvalue weighted by molar-refractivity contribution is 0.396. The molecule has 2 heterocycles. The zero-order valence-corrected chi connectivity index (χ0v) is 12.5. The fourth-order valence-electron chi connectivity index (χ4n) is 2.56. The zero-order chi connectivity index (χ0) is 14.6. The Morgan fingerprint density at radius 2 is 2.14 bits per heavy atom. The Labute approximate surface area is 126 Å². The fourth-order valence-corrected chi connectivity index (χ4v) is 4.32. The molecule has 1 aliphatic heterocycles. The Balaban J connectivity index is 1.67. The van der Waals surface area contributed by atoms with E-state index in [2.05, 4.69) is 15.5 Å². The van der Waals surface area contributed by atoms with Crippen LogP contribution in [0.15, 0.2) is 23.1 Å². The zero-order valence-electron chi connectivity index (χ0n) is 11.0. The number of halogens is 1. The third kappa shape index (κ3) is 2.14. The highest BCUT2D eigenvalue weighted by atomic mass is 35.5. The second kappa shape index (κ2) is 4.49. The number of nitrogens with zero attached hydrogens (tertiary/aromatic N) is 5. The van der Waals surface area contributed by atoms with E-state index in [0.717, 1.165) is 12.8 Å². The SMILES string of the molecule is O=S1(=O)c2ccc(Cl)cc2CN1Cc1nnnn1C1CC1. The summed E-state index contributed by atoms with van der Waals surface area (Å²) in [4.78, 5) is 0.317. The van der Waals surface area contributed by atoms with Crippen molar-refractivity contribution in [2.45, 2.75) is 36.9 Å². The first-order chi connectivity index (χ1) is 10.1. The highest BCUT2D eigenvalue weighted by Gasteiger charge is 2.37. The van der Waals surface area contributed by atoms with Gasteiger partial charge in [-0.15, -0.1) is 5.10 Å². The van der Waals surface area contributed by atoms with Crippen molar-refractivity contribution in [3.63, 3.8) is 0 Å². The number of benzene rings is 1. The van der Waals surface area contributed by atoms with E-state index >= 15 is 0 Å². The molecule has 0 N–H and O–H groups in total. The summed E-state index contributed by atoms with van der Waals surface area (Å²) in [5, 5.41) is 12.1. The molecular formula is C12H12ClN5O2S. The Kier molecular flexibility index (Phi) is 2.82. The van der Waals surface area contributed by atoms with Crippen LogP contribution in [0.2, 0.25) is 5.02 Å². The normalized spacial score (nSPS) is 20.6. The molecular weight excluding hydrogens is 314 g/mol. The van der Waals surface area contributed by atoms with E-state index in [1.807, 2.05) is 0 Å². The van der Waals surface area contributed by atoms with Crippen LogP contribution in [0.1, 0.15) is 30.3 Å². The van der Waals surface area contributed by atoms with E-state index in [9.17, 15) is 8.42 Å². The Hall–Kier alpha value is -1.51. The second-order valence-corrected chi connectivity index (χ2v) is 7.64. The lowest BCUT2D eigenvalue weighted by Crippen LogP contribution is -2.25. The molecule has 2 aliphatic rings. The number of sulfonamides is 1. The number of rotatable bonds is 3. The summed E-state index contributed by atoms with van der Waals surface area (Å²) >= 11 is 5.93. The van der Waals surface area contributed by atoms with E-state index in [1.54, 1.807) is 22.9 Å². The van der Waals surface area contributed by atoms with Crippen molar-refractivity contribution in [1.82, 2.24) is 24.5 Å². The number of hydrogen-bond acceptors (Lipinski definition) is 5. The van der Waals surface area contributed by atoms with E-state index in [-0.39, 0.29) is 6.54 Å². The van der Waals surface area contributed by atoms with Crippen LogP contribution in [-0.4, -0.2) is 32.9 Å². The minimum absolute atomic E-state index is 0.179. The molecule has 7 nitrogen and oxygen atoms in total. The van der Waals surface area contributed by atoms with Gasteiger partial charge < -0.3 is 0 Å². The summed E-state index contributed by atoms with van der Waals surface area (Å²) in [7, 11) is -3.50. The summed E-state index contributed by atoms with van der Waals surface area (Å²) in [5.74, 6) is 0.583. The first-order valence-electron chi connectivity index (χ1n) is 6.61. The summed E-state index contributed by atoms with van der Waals surface area (Å²) < 4.78 is 28.2. The van der Waals surface area contributed by atoms with Crippen LogP contribution in [0.5, 0.6) is 0 Å². The standard InChI is InChI=1S/C12H12ClN5O2S/c13-9-1-4-11-8(5-9)6-17(21(11,19)20)7-12-14-15-16-18(12)10-2-3-10/h1,4-5,10H,2-3,6-7H2. The molecule has 9 heteroatoms. The molecule has 0 unspecified atom stereocenters. The quantitative estimate of drug-likeness (QED) is 0.851. The summed E-state index contributed by atoms with van der Waals surface area (Å²) in [6, 6.07) is 5.15. The maximum absolute atomic E-state index is 12.5. The van der Waals surface area contributed by atoms with Gasteiger partial charge in [-0.3, -0.25) is 0 Å². The number of hydrogen-bond donors (Lipinski definition) is 0. The first-order valence-corrected chi connectivity index (χ1v) is 8.43. The van der Waals surface area contributed by atoms with Gasteiger partial charge >= 0.3 is 0 Å². The molecule has 1 aromatic carbocycles. The Bertz CT molecular complexity index is 815. The number of tetrazole rings is 1. The average Bonchev–Trinajstić information content (AvgIpc) is 3.12. The van der Waals surface area contributed by atoms with Gasteiger partial charge in [0.25, 0.3) is 0 Å². The molecule has 1 aliphatic carbocycles. The molecule has 1 fully saturated rings. The third-order valence-corrected chi connectivity index (χ3v) is 5.89. The van der Waals surface area contributed by atoms with Gasteiger partial charge in [0.1, 0.15) is 0 Å². The van der Waals surface area contributed by atoms with Gasteiger partial charge in [0.05, 0.1) is 17.5 Å². The predicted octanol–water partition coefficient (Wildman–Crippen LogP) is 1.37. The molecule has 0 amide bonds. The highest BCUT2D eigenvalue weighted by Crippen LogP contribution is 2.36. The van der Waals surface area contributed by atoms with Gasteiger partial charge in [-0.1, -0.05) is 11.6 Å². The minimum atomic E-state index is -3.50. The molecule has 1 saturated carbocycles. The molecule has 0 radical (unpaired) electrons. The largest absolute Gasteiger partial charge is 0.244 e. The summed E-state index contributed by atoms with van der Waals surface area (Å²) in [6.07, 6.45) is 2.08. The van der Waals surface area contributed by atoms with Gasteiger partial charge in [0.15, 0.2) is 5.82 Å². The van der Waals surface area contributed by atoms with E-state index < -0.39 is 10.0 Å². The molecule has 2 aromatic rings. The van der Waals surface area contributed by atoms with Gasteiger partial charge in [0.2, 0.25) is 10.0 Å². The van der Waals surface area contributed by atoms with Crippen LogP contribution in [0.25, 0.3) is 0 Å². The lowest BCUT2D eigenvalue weighted by atomic mass is 10.2. The minimum Gasteiger partial charge on any atom is -0.225 e. The predicted molar refractivity (Wildman–Crippen MR) is 74.0 cm³/mol. The molecule has 0 spiro atoms. The monoisotopic (exact) mass is 325 g/mol. The van der Waals surface area contributed by atoms with Crippen molar-refractivity contribution >= 4 is 21.6 Å². The molecule has 0 atom stereocenters. The van der Waals surface area contributed by atoms with Crippen LogP contribution >= 0.6 is 11.6 Å². The fraction of sp³-hybridized carbons (Fsp3) is 0.417. The van der Waals surface area contributed by atoms with Crippen LogP contribution in [0, 0.1) is 0 Å². The van der Waals surface area contributed by atoms with Crippen molar-refractivity contribution in [3.8, 4) is 0 Å². The molecule has 21 heavy (non-hydrogen) atoms. The van der Waals surface area contributed by atoms with Gasteiger partial charge in [0, 0.05) is 11.6 Å². The van der Waals surface area contributed by atoms with Crippen molar-refractivity contribution in [1.29, 1.82) is 0 Å². The summed E-state index contributed by atoms with van der Waals surface area (Å²) in [6.45, 7) is 0.480. The van der Waals surface area contributed by atoms with E-state index in [1.165, 1.54) is 4.31 Å². The van der Waals surface area contributed by atoms with Gasteiger partial charge in [-0.2, -0.15) is 4.31 Å². The van der Waals surface area contributed by atoms with E-state index in [4.69, 9.17) is 11.6 Å². The molecule has 110 valence electrons. The molecule has 0 bridgehead atoms. The van der Waals surface area contributed by atoms with Crippen molar-refractivity contribution in [3.05, 3.63) is 34.6 Å². The van der Waals surface area contributed by atoms with Crippen LogP contribution in [0.3, 0.4) is 0 Å². The average molecular weight is 326 g/mol.